The van der Waals surface area contributed by atoms with Gasteiger partial charge in [-0.1, -0.05) is 0 Å². The number of carbonyl (C=O) groups is 2. The number of amides is 2. The number of halogens is 3. The van der Waals surface area contributed by atoms with Gasteiger partial charge in [0.05, 0.1) is 12.2 Å². The number of piperidine rings is 1. The first-order valence-corrected chi connectivity index (χ1v) is 8.27. The van der Waals surface area contributed by atoms with Crippen LogP contribution >= 0.6 is 0 Å². The van der Waals surface area contributed by atoms with Gasteiger partial charge in [-0.05, 0) is 31.9 Å². The van der Waals surface area contributed by atoms with Crippen LogP contribution in [0.15, 0.2) is 18.3 Å². The first-order chi connectivity index (χ1) is 12.3. The predicted octanol–water partition coefficient (Wildman–Crippen LogP) is 1.93. The van der Waals surface area contributed by atoms with E-state index in [0.29, 0.717) is 31.7 Å². The summed E-state index contributed by atoms with van der Waals surface area (Å²) in [4.78, 5) is 28.7. The molecule has 10 heteroatoms. The van der Waals surface area contributed by atoms with E-state index < -0.39 is 17.8 Å². The fourth-order valence-corrected chi connectivity index (χ4v) is 2.61. The maximum absolute atomic E-state index is 12.6. The molecule has 2 amide bonds. The van der Waals surface area contributed by atoms with Crippen LogP contribution < -0.4 is 15.5 Å². The maximum Gasteiger partial charge on any atom is 0.417 e. The van der Waals surface area contributed by atoms with Gasteiger partial charge in [0.15, 0.2) is 0 Å². The summed E-state index contributed by atoms with van der Waals surface area (Å²) in [5.41, 5.74) is -0.780. The van der Waals surface area contributed by atoms with Gasteiger partial charge in [0.2, 0.25) is 5.91 Å². The summed E-state index contributed by atoms with van der Waals surface area (Å²) in [5.74, 6) is 0.163. The van der Waals surface area contributed by atoms with Crippen molar-refractivity contribution < 1.29 is 27.5 Å². The molecule has 2 heterocycles. The Balaban J connectivity index is 1.76. The van der Waals surface area contributed by atoms with Gasteiger partial charge >= 0.3 is 12.3 Å². The highest BCUT2D eigenvalue weighted by Gasteiger charge is 2.31. The normalized spacial score (nSPS) is 15.5. The number of carbonyl (C=O) groups excluding carboxylic acids is 2. The van der Waals surface area contributed by atoms with Crippen LogP contribution in [0.25, 0.3) is 0 Å². The van der Waals surface area contributed by atoms with Gasteiger partial charge in [0.25, 0.3) is 0 Å². The summed E-state index contributed by atoms with van der Waals surface area (Å²) in [7, 11) is 0. The summed E-state index contributed by atoms with van der Waals surface area (Å²) in [6.45, 7) is 2.85. The molecule has 1 saturated heterocycles. The van der Waals surface area contributed by atoms with Crippen molar-refractivity contribution in [2.24, 2.45) is 0 Å². The standard InChI is InChI=1S/C16H21F3N4O3/c1-2-26-15(25)21-10-14(24)22-12-5-7-23(8-6-12)13-4-3-11(9-20-13)16(17,18)19/h3-4,9,12H,2,5-8,10H2,1H3,(H,21,25)(H,22,24). The number of alkyl halides is 3. The Morgan fingerprint density at radius 3 is 2.54 bits per heavy atom. The van der Waals surface area contributed by atoms with Gasteiger partial charge in [0.1, 0.15) is 12.4 Å². The number of hydrogen-bond acceptors (Lipinski definition) is 5. The Labute approximate surface area is 148 Å². The quantitative estimate of drug-likeness (QED) is 0.823. The van der Waals surface area contributed by atoms with Crippen LogP contribution in [0, 0.1) is 0 Å². The molecule has 1 aromatic heterocycles. The van der Waals surface area contributed by atoms with Crippen molar-refractivity contribution in [2.45, 2.75) is 32.0 Å². The first-order valence-electron chi connectivity index (χ1n) is 8.27. The van der Waals surface area contributed by atoms with E-state index in [0.717, 1.165) is 12.3 Å². The lowest BCUT2D eigenvalue weighted by Crippen LogP contribution is -2.47. The highest BCUT2D eigenvalue weighted by Crippen LogP contribution is 2.29. The molecule has 0 saturated carbocycles. The van der Waals surface area contributed by atoms with Crippen molar-refractivity contribution in [3.63, 3.8) is 0 Å². The first kappa shape index (κ1) is 19.8. The Bertz CT molecular complexity index is 614. The molecule has 0 radical (unpaired) electrons. The fourth-order valence-electron chi connectivity index (χ4n) is 2.61. The van der Waals surface area contributed by atoms with Crippen LogP contribution in [0.5, 0.6) is 0 Å². The van der Waals surface area contributed by atoms with Gasteiger partial charge in [-0.15, -0.1) is 0 Å². The van der Waals surface area contributed by atoms with E-state index in [1.165, 1.54) is 6.07 Å². The maximum atomic E-state index is 12.6. The highest BCUT2D eigenvalue weighted by molar-refractivity contribution is 5.82. The molecule has 7 nitrogen and oxygen atoms in total. The van der Waals surface area contributed by atoms with E-state index in [1.54, 1.807) is 6.92 Å². The van der Waals surface area contributed by atoms with Gasteiger partial charge in [-0.25, -0.2) is 9.78 Å². The number of anilines is 1. The third kappa shape index (κ3) is 5.78. The molecule has 1 aliphatic heterocycles. The molecule has 0 aliphatic carbocycles. The molecule has 144 valence electrons. The number of nitrogens with one attached hydrogen (secondary N) is 2. The summed E-state index contributed by atoms with van der Waals surface area (Å²) in [5, 5.41) is 5.15. The Hall–Kier alpha value is -2.52. The molecule has 0 atom stereocenters. The largest absolute Gasteiger partial charge is 0.450 e. The van der Waals surface area contributed by atoms with Crippen LogP contribution in [0.4, 0.5) is 23.8 Å². The Morgan fingerprint density at radius 2 is 2.00 bits per heavy atom. The van der Waals surface area contributed by atoms with Crippen LogP contribution in [0.3, 0.4) is 0 Å². The van der Waals surface area contributed by atoms with Crippen LogP contribution in [0.2, 0.25) is 0 Å². The summed E-state index contributed by atoms with van der Waals surface area (Å²) >= 11 is 0. The minimum absolute atomic E-state index is 0.0582. The van der Waals surface area contributed by atoms with Crippen LogP contribution in [-0.4, -0.2) is 49.3 Å². The van der Waals surface area contributed by atoms with Crippen molar-refractivity contribution in [2.75, 3.05) is 31.1 Å². The average Bonchev–Trinajstić information content (AvgIpc) is 2.60. The molecular weight excluding hydrogens is 353 g/mol. The molecule has 0 unspecified atom stereocenters. The molecule has 0 bridgehead atoms. The topological polar surface area (TPSA) is 83.6 Å². The smallest absolute Gasteiger partial charge is 0.417 e. The van der Waals surface area contributed by atoms with E-state index >= 15 is 0 Å². The minimum Gasteiger partial charge on any atom is -0.450 e. The molecule has 2 rings (SSSR count). The number of pyridine rings is 1. The molecule has 26 heavy (non-hydrogen) atoms. The molecule has 1 aliphatic rings. The number of hydrogen-bond donors (Lipinski definition) is 2. The molecule has 0 aromatic carbocycles. The van der Waals surface area contributed by atoms with Crippen molar-refractivity contribution in [1.29, 1.82) is 0 Å². The SMILES string of the molecule is CCOC(=O)NCC(=O)NC1CCN(c2ccc(C(F)(F)F)cn2)CC1. The lowest BCUT2D eigenvalue weighted by molar-refractivity contribution is -0.137. The molecule has 1 aromatic rings. The number of rotatable bonds is 5. The molecule has 1 fully saturated rings. The Kier molecular flexibility index (Phi) is 6.64. The fraction of sp³-hybridized carbons (Fsp3) is 0.562. The number of nitrogens with zero attached hydrogens (tertiary/aromatic N) is 2. The van der Waals surface area contributed by atoms with Crippen molar-refractivity contribution >= 4 is 17.8 Å². The van der Waals surface area contributed by atoms with E-state index in [9.17, 15) is 22.8 Å². The van der Waals surface area contributed by atoms with E-state index in [1.807, 2.05) is 4.90 Å². The van der Waals surface area contributed by atoms with E-state index in [4.69, 9.17) is 0 Å². The molecular formula is C16H21F3N4O3. The second kappa shape index (κ2) is 8.72. The van der Waals surface area contributed by atoms with Gasteiger partial charge in [0, 0.05) is 25.3 Å². The predicted molar refractivity (Wildman–Crippen MR) is 87.6 cm³/mol. The Morgan fingerprint density at radius 1 is 1.31 bits per heavy atom. The average molecular weight is 374 g/mol. The van der Waals surface area contributed by atoms with Gasteiger partial charge < -0.3 is 20.3 Å². The zero-order chi connectivity index (χ0) is 19.2. The molecule has 0 spiro atoms. The number of alkyl carbamates (subject to hydrolysis) is 1. The van der Waals surface area contributed by atoms with E-state index in [2.05, 4.69) is 20.4 Å². The second-order valence-electron chi connectivity index (χ2n) is 5.81. The third-order valence-corrected chi connectivity index (χ3v) is 3.93. The summed E-state index contributed by atoms with van der Waals surface area (Å²) in [6, 6.07) is 2.31. The van der Waals surface area contributed by atoms with E-state index in [-0.39, 0.29) is 25.1 Å². The van der Waals surface area contributed by atoms with Crippen LogP contribution in [0.1, 0.15) is 25.3 Å². The third-order valence-electron chi connectivity index (χ3n) is 3.93. The zero-order valence-corrected chi connectivity index (χ0v) is 14.3. The van der Waals surface area contributed by atoms with Crippen LogP contribution in [-0.2, 0) is 15.7 Å². The monoisotopic (exact) mass is 374 g/mol. The molecule has 2 N–H and O–H groups in total. The van der Waals surface area contributed by atoms with Crippen molar-refractivity contribution in [3.8, 4) is 0 Å². The van der Waals surface area contributed by atoms with Gasteiger partial charge in [-0.2, -0.15) is 13.2 Å². The second-order valence-corrected chi connectivity index (χ2v) is 5.81. The number of aromatic nitrogens is 1. The van der Waals surface area contributed by atoms with Crippen molar-refractivity contribution in [1.82, 2.24) is 15.6 Å². The number of ether oxygens (including phenoxy) is 1. The minimum atomic E-state index is -4.40. The summed E-state index contributed by atoms with van der Waals surface area (Å²) in [6.07, 6.45) is -2.96. The lowest BCUT2D eigenvalue weighted by Gasteiger charge is -2.33. The lowest BCUT2D eigenvalue weighted by atomic mass is 10.0. The highest BCUT2D eigenvalue weighted by atomic mass is 19.4. The van der Waals surface area contributed by atoms with Gasteiger partial charge in [-0.3, -0.25) is 4.79 Å². The summed E-state index contributed by atoms with van der Waals surface area (Å²) < 4.78 is 42.3. The van der Waals surface area contributed by atoms with Crippen molar-refractivity contribution in [3.05, 3.63) is 23.9 Å². The zero-order valence-electron chi connectivity index (χ0n) is 14.3.